The number of hydrogen-bond acceptors (Lipinski definition) is 4. The highest BCUT2D eigenvalue weighted by Crippen LogP contribution is 2.32. The first kappa shape index (κ1) is 14.3. The Bertz CT molecular complexity index is 298. The zero-order chi connectivity index (χ0) is 13.0. The van der Waals surface area contributed by atoms with Gasteiger partial charge in [0.1, 0.15) is 6.04 Å². The molecule has 0 aromatic rings. The third-order valence-corrected chi connectivity index (χ3v) is 4.28. The lowest BCUT2D eigenvalue weighted by atomic mass is 10.1. The molecule has 0 aromatic heterocycles. The van der Waals surface area contributed by atoms with Crippen LogP contribution in [-0.4, -0.2) is 45.1 Å². The summed E-state index contributed by atoms with van der Waals surface area (Å²) < 4.78 is 0. The van der Waals surface area contributed by atoms with Gasteiger partial charge in [-0.1, -0.05) is 20.3 Å². The second-order valence-electron chi connectivity index (χ2n) is 4.19. The van der Waals surface area contributed by atoms with Crippen LogP contribution in [-0.2, 0) is 9.59 Å². The molecule has 98 valence electrons. The van der Waals surface area contributed by atoms with Crippen molar-refractivity contribution < 1.29 is 14.7 Å². The Balaban J connectivity index is 2.85. The monoisotopic (exact) mass is 260 g/mol. The van der Waals surface area contributed by atoms with Gasteiger partial charge in [-0.3, -0.25) is 4.79 Å². The molecule has 0 saturated carbocycles. The summed E-state index contributed by atoms with van der Waals surface area (Å²) in [4.78, 5) is 24.7. The van der Waals surface area contributed by atoms with Crippen LogP contribution in [0.4, 0.5) is 0 Å². The summed E-state index contributed by atoms with van der Waals surface area (Å²) in [5, 5.41) is 9.09. The van der Waals surface area contributed by atoms with Crippen LogP contribution in [0.15, 0.2) is 0 Å². The van der Waals surface area contributed by atoms with Crippen LogP contribution in [0.2, 0.25) is 0 Å². The molecule has 0 aliphatic carbocycles. The number of carboxylic acid groups (broad SMARTS) is 1. The van der Waals surface area contributed by atoms with Crippen molar-refractivity contribution >= 4 is 23.6 Å². The molecule has 1 heterocycles. The topological polar surface area (TPSA) is 83.6 Å². The molecule has 17 heavy (non-hydrogen) atoms. The van der Waals surface area contributed by atoms with Gasteiger partial charge in [-0.2, -0.15) is 0 Å². The van der Waals surface area contributed by atoms with Crippen molar-refractivity contribution in [1.29, 1.82) is 0 Å². The average molecular weight is 260 g/mol. The van der Waals surface area contributed by atoms with Gasteiger partial charge < -0.3 is 15.7 Å². The third-order valence-electron chi connectivity index (χ3n) is 2.92. The Morgan fingerprint density at radius 2 is 2.18 bits per heavy atom. The number of hydrogen-bond donors (Lipinski definition) is 2. The minimum Gasteiger partial charge on any atom is -0.480 e. The quantitative estimate of drug-likeness (QED) is 0.766. The van der Waals surface area contributed by atoms with Gasteiger partial charge in [0.2, 0.25) is 5.91 Å². The Morgan fingerprint density at radius 3 is 2.65 bits per heavy atom. The molecule has 1 aliphatic heterocycles. The smallest absolute Gasteiger partial charge is 0.327 e. The van der Waals surface area contributed by atoms with Crippen LogP contribution < -0.4 is 5.73 Å². The molecule has 0 bridgehead atoms. The molecule has 3 N–H and O–H groups in total. The zero-order valence-corrected chi connectivity index (χ0v) is 11.1. The Hall–Kier alpha value is -0.750. The maximum absolute atomic E-state index is 12.1. The van der Waals surface area contributed by atoms with Crippen molar-refractivity contribution in [1.82, 2.24) is 4.90 Å². The minimum atomic E-state index is -0.937. The molecule has 1 fully saturated rings. The molecule has 1 amide bonds. The summed E-state index contributed by atoms with van der Waals surface area (Å²) in [5.41, 5.74) is 5.72. The van der Waals surface area contributed by atoms with Gasteiger partial charge in [0.15, 0.2) is 0 Å². The van der Waals surface area contributed by atoms with Crippen molar-refractivity contribution in [3.8, 4) is 0 Å². The fourth-order valence-corrected chi connectivity index (χ4v) is 3.41. The number of carboxylic acids is 1. The van der Waals surface area contributed by atoms with Gasteiger partial charge in [-0.25, -0.2) is 4.79 Å². The lowest BCUT2D eigenvalue weighted by molar-refractivity contribution is -0.149. The van der Waals surface area contributed by atoms with Crippen LogP contribution in [0.5, 0.6) is 0 Å². The van der Waals surface area contributed by atoms with Gasteiger partial charge in [-0.05, 0) is 12.8 Å². The SMILES string of the molecule is CCCC1SCC(C(=O)O)N1C(=O)C(N)CC. The number of aliphatic carboxylic acids is 1. The van der Waals surface area contributed by atoms with Crippen molar-refractivity contribution in [3.63, 3.8) is 0 Å². The van der Waals surface area contributed by atoms with E-state index in [0.717, 1.165) is 12.8 Å². The summed E-state index contributed by atoms with van der Waals surface area (Å²) in [5.74, 6) is -0.710. The fraction of sp³-hybridized carbons (Fsp3) is 0.818. The lowest BCUT2D eigenvalue weighted by Gasteiger charge is -2.29. The number of nitrogens with zero attached hydrogens (tertiary/aromatic N) is 1. The molecular formula is C11H20N2O3S. The van der Waals surface area contributed by atoms with E-state index in [9.17, 15) is 9.59 Å². The molecule has 3 unspecified atom stereocenters. The highest BCUT2D eigenvalue weighted by molar-refractivity contribution is 8.00. The van der Waals surface area contributed by atoms with Crippen molar-refractivity contribution in [3.05, 3.63) is 0 Å². The highest BCUT2D eigenvalue weighted by Gasteiger charge is 2.42. The molecule has 0 radical (unpaired) electrons. The number of carbonyl (C=O) groups excluding carboxylic acids is 1. The molecule has 1 rings (SSSR count). The maximum atomic E-state index is 12.1. The predicted molar refractivity (Wildman–Crippen MR) is 67.7 cm³/mol. The number of amides is 1. The molecule has 1 saturated heterocycles. The molecular weight excluding hydrogens is 240 g/mol. The Kier molecular flexibility index (Phi) is 5.27. The van der Waals surface area contributed by atoms with Crippen LogP contribution in [0.1, 0.15) is 33.1 Å². The lowest BCUT2D eigenvalue weighted by Crippen LogP contribution is -2.51. The second-order valence-corrected chi connectivity index (χ2v) is 5.40. The second kappa shape index (κ2) is 6.26. The van der Waals surface area contributed by atoms with E-state index >= 15 is 0 Å². The van der Waals surface area contributed by atoms with Gasteiger partial charge in [-0.15, -0.1) is 11.8 Å². The van der Waals surface area contributed by atoms with E-state index in [-0.39, 0.29) is 11.3 Å². The average Bonchev–Trinajstić information content (AvgIpc) is 2.71. The van der Waals surface area contributed by atoms with Gasteiger partial charge in [0.25, 0.3) is 0 Å². The van der Waals surface area contributed by atoms with Crippen LogP contribution in [0.3, 0.4) is 0 Å². The summed E-state index contributed by atoms with van der Waals surface area (Å²) in [6, 6.07) is -1.31. The number of carbonyl (C=O) groups is 2. The largest absolute Gasteiger partial charge is 0.480 e. The first-order valence-corrected chi connectivity index (χ1v) is 6.99. The molecule has 0 spiro atoms. The first-order chi connectivity index (χ1) is 8.02. The van der Waals surface area contributed by atoms with E-state index in [1.807, 2.05) is 13.8 Å². The van der Waals surface area contributed by atoms with E-state index in [1.165, 1.54) is 16.7 Å². The van der Waals surface area contributed by atoms with Crippen LogP contribution in [0.25, 0.3) is 0 Å². The van der Waals surface area contributed by atoms with Crippen molar-refractivity contribution in [2.24, 2.45) is 5.73 Å². The van der Waals surface area contributed by atoms with Crippen molar-refractivity contribution in [2.45, 2.75) is 50.6 Å². The fourth-order valence-electron chi connectivity index (χ4n) is 1.88. The zero-order valence-electron chi connectivity index (χ0n) is 10.3. The molecule has 5 nitrogen and oxygen atoms in total. The van der Waals surface area contributed by atoms with Gasteiger partial charge in [0, 0.05) is 5.75 Å². The number of thioether (sulfide) groups is 1. The maximum Gasteiger partial charge on any atom is 0.327 e. The summed E-state index contributed by atoms with van der Waals surface area (Å²) in [6.07, 6.45) is 2.27. The standard InChI is InChI=1S/C11H20N2O3S/c1-3-5-9-13(10(14)7(12)4-2)8(6-17-9)11(15)16/h7-9H,3-6,12H2,1-2H3,(H,15,16). The highest BCUT2D eigenvalue weighted by atomic mass is 32.2. The molecule has 1 aliphatic rings. The minimum absolute atomic E-state index is 0.0359. The van der Waals surface area contributed by atoms with E-state index < -0.39 is 18.1 Å². The van der Waals surface area contributed by atoms with E-state index in [0.29, 0.717) is 12.2 Å². The molecule has 0 aromatic carbocycles. The first-order valence-electron chi connectivity index (χ1n) is 5.95. The molecule has 3 atom stereocenters. The summed E-state index contributed by atoms with van der Waals surface area (Å²) in [7, 11) is 0. The summed E-state index contributed by atoms with van der Waals surface area (Å²) >= 11 is 1.54. The van der Waals surface area contributed by atoms with Crippen LogP contribution in [0, 0.1) is 0 Å². The number of nitrogens with two attached hydrogens (primary N) is 1. The Labute approximate surface area is 106 Å². The summed E-state index contributed by atoms with van der Waals surface area (Å²) in [6.45, 7) is 3.85. The van der Waals surface area contributed by atoms with E-state index in [4.69, 9.17) is 10.8 Å². The normalized spacial score (nSPS) is 25.9. The predicted octanol–water partition coefficient (Wildman–Crippen LogP) is 0.878. The van der Waals surface area contributed by atoms with Gasteiger partial charge >= 0.3 is 5.97 Å². The third kappa shape index (κ3) is 3.13. The Morgan fingerprint density at radius 1 is 1.53 bits per heavy atom. The van der Waals surface area contributed by atoms with E-state index in [2.05, 4.69) is 0 Å². The molecule has 6 heteroatoms. The number of rotatable bonds is 5. The van der Waals surface area contributed by atoms with Gasteiger partial charge in [0.05, 0.1) is 11.4 Å². The van der Waals surface area contributed by atoms with Crippen molar-refractivity contribution in [2.75, 3.05) is 5.75 Å². The van der Waals surface area contributed by atoms with E-state index in [1.54, 1.807) is 0 Å². The van der Waals surface area contributed by atoms with Crippen LogP contribution >= 0.6 is 11.8 Å².